The van der Waals surface area contributed by atoms with Gasteiger partial charge in [0.25, 0.3) is 11.1 Å². The van der Waals surface area contributed by atoms with Gasteiger partial charge in [-0.25, -0.2) is 4.98 Å². The molecule has 0 spiro atoms. The van der Waals surface area contributed by atoms with Crippen LogP contribution >= 0.6 is 11.3 Å². The monoisotopic (exact) mass is 493 g/mol. The van der Waals surface area contributed by atoms with Crippen LogP contribution in [0.25, 0.3) is 0 Å². The van der Waals surface area contributed by atoms with E-state index >= 15 is 0 Å². The second-order valence-electron chi connectivity index (χ2n) is 11.5. The van der Waals surface area contributed by atoms with Crippen LogP contribution in [0, 0.1) is 11.8 Å². The molecule has 1 aromatic rings. The summed E-state index contributed by atoms with van der Waals surface area (Å²) in [7, 11) is 0. The molecular weight excluding hydrogens is 446 g/mol. The van der Waals surface area contributed by atoms with E-state index in [0.717, 1.165) is 37.8 Å². The standard InChI is InChI=1S/C27H47N3O3S/c1-27(2,3)29-18-23(31)20-33-26-28-19-24(34-26)25(32)30(16-8-14-21-10-4-5-11-21)17-9-15-22-12-6-7-13-22/h19,21-23,29,31H,4-18,20H2,1-3H3. The van der Waals surface area contributed by atoms with Crippen molar-refractivity contribution in [2.24, 2.45) is 11.8 Å². The van der Waals surface area contributed by atoms with Gasteiger partial charge in [0.2, 0.25) is 0 Å². The van der Waals surface area contributed by atoms with E-state index in [1.54, 1.807) is 6.20 Å². The average Bonchev–Trinajstić information content (AvgIpc) is 3.57. The minimum Gasteiger partial charge on any atom is -0.467 e. The fraction of sp³-hybridized carbons (Fsp3) is 0.852. The van der Waals surface area contributed by atoms with Crippen molar-refractivity contribution >= 4 is 17.2 Å². The quantitative estimate of drug-likeness (QED) is 0.350. The largest absolute Gasteiger partial charge is 0.467 e. The number of aliphatic hydroxyl groups excluding tert-OH is 1. The van der Waals surface area contributed by atoms with Gasteiger partial charge in [-0.1, -0.05) is 62.7 Å². The number of carbonyl (C=O) groups is 1. The number of nitrogens with zero attached hydrogens (tertiary/aromatic N) is 2. The van der Waals surface area contributed by atoms with Crippen molar-refractivity contribution in [2.75, 3.05) is 26.2 Å². The lowest BCUT2D eigenvalue weighted by Gasteiger charge is -2.23. The van der Waals surface area contributed by atoms with Gasteiger partial charge in [-0.3, -0.25) is 4.79 Å². The van der Waals surface area contributed by atoms with Gasteiger partial charge in [0.05, 0.1) is 6.20 Å². The second kappa shape index (κ2) is 13.8. The molecule has 0 bridgehead atoms. The van der Waals surface area contributed by atoms with Crippen molar-refractivity contribution in [3.05, 3.63) is 11.1 Å². The molecule has 0 radical (unpaired) electrons. The maximum absolute atomic E-state index is 13.3. The summed E-state index contributed by atoms with van der Waals surface area (Å²) in [5.41, 5.74) is -0.0548. The van der Waals surface area contributed by atoms with Crippen LogP contribution < -0.4 is 10.1 Å². The molecule has 0 saturated heterocycles. The van der Waals surface area contributed by atoms with E-state index in [-0.39, 0.29) is 18.1 Å². The summed E-state index contributed by atoms with van der Waals surface area (Å²) < 4.78 is 5.69. The van der Waals surface area contributed by atoms with Crippen LogP contribution in [0.5, 0.6) is 5.19 Å². The maximum atomic E-state index is 13.3. The number of aliphatic hydroxyl groups is 1. The number of aromatic nitrogens is 1. The third kappa shape index (κ3) is 9.82. The van der Waals surface area contributed by atoms with Gasteiger partial charge in [-0.15, -0.1) is 0 Å². The van der Waals surface area contributed by atoms with Crippen molar-refractivity contribution in [3.8, 4) is 5.19 Å². The van der Waals surface area contributed by atoms with E-state index in [2.05, 4.69) is 36.0 Å². The number of β-amino-alcohol motifs (C(OH)–C–C–N with tert-alkyl or cyclic N) is 1. The van der Waals surface area contributed by atoms with Crippen LogP contribution in [0.2, 0.25) is 0 Å². The molecule has 34 heavy (non-hydrogen) atoms. The Kier molecular flexibility index (Phi) is 11.1. The molecule has 1 heterocycles. The third-order valence-electron chi connectivity index (χ3n) is 7.28. The average molecular weight is 494 g/mol. The summed E-state index contributed by atoms with van der Waals surface area (Å²) >= 11 is 1.30. The van der Waals surface area contributed by atoms with E-state index in [1.807, 2.05) is 0 Å². The molecule has 1 amide bonds. The Morgan fingerprint density at radius 1 is 1.12 bits per heavy atom. The van der Waals surface area contributed by atoms with Crippen LogP contribution in [-0.2, 0) is 0 Å². The summed E-state index contributed by atoms with van der Waals surface area (Å²) in [5, 5.41) is 13.9. The zero-order chi connectivity index (χ0) is 24.4. The highest BCUT2D eigenvalue weighted by molar-refractivity contribution is 7.15. The van der Waals surface area contributed by atoms with Crippen LogP contribution in [0.1, 0.15) is 107 Å². The predicted octanol–water partition coefficient (Wildman–Crippen LogP) is 5.65. The summed E-state index contributed by atoms with van der Waals surface area (Å²) in [6, 6.07) is 0. The number of ether oxygens (including phenoxy) is 1. The summed E-state index contributed by atoms with van der Waals surface area (Å²) in [6.45, 7) is 8.48. The Hall–Kier alpha value is -1.18. The SMILES string of the molecule is CC(C)(C)NCC(O)COc1ncc(C(=O)N(CCCC2CCCC2)CCCC2CCCC2)s1. The topological polar surface area (TPSA) is 74.7 Å². The molecule has 7 heteroatoms. The number of rotatable bonds is 14. The van der Waals surface area contributed by atoms with Crippen LogP contribution in [0.3, 0.4) is 0 Å². The third-order valence-corrected chi connectivity index (χ3v) is 8.18. The van der Waals surface area contributed by atoms with Crippen molar-refractivity contribution in [3.63, 3.8) is 0 Å². The van der Waals surface area contributed by atoms with Crippen molar-refractivity contribution < 1.29 is 14.6 Å². The van der Waals surface area contributed by atoms with Crippen LogP contribution in [-0.4, -0.2) is 58.8 Å². The zero-order valence-electron chi connectivity index (χ0n) is 21.7. The van der Waals surface area contributed by atoms with Crippen molar-refractivity contribution in [2.45, 2.75) is 109 Å². The molecule has 0 aromatic carbocycles. The van der Waals surface area contributed by atoms with Crippen molar-refractivity contribution in [1.82, 2.24) is 15.2 Å². The van der Waals surface area contributed by atoms with Gasteiger partial charge in [0, 0.05) is 25.2 Å². The van der Waals surface area contributed by atoms with Gasteiger partial charge in [-0.05, 0) is 58.3 Å². The first-order valence-corrected chi connectivity index (χ1v) is 14.4. The fourth-order valence-corrected chi connectivity index (χ4v) is 6.03. The molecule has 1 aromatic heterocycles. The number of hydrogen-bond donors (Lipinski definition) is 2. The molecule has 194 valence electrons. The molecule has 2 saturated carbocycles. The predicted molar refractivity (Wildman–Crippen MR) is 140 cm³/mol. The molecule has 2 fully saturated rings. The van der Waals surface area contributed by atoms with E-state index in [1.165, 1.54) is 75.5 Å². The summed E-state index contributed by atoms with van der Waals surface area (Å²) in [6.07, 6.45) is 16.6. The van der Waals surface area contributed by atoms with E-state index in [4.69, 9.17) is 4.74 Å². The number of thiazole rings is 1. The first-order valence-electron chi connectivity index (χ1n) is 13.6. The minimum absolute atomic E-state index is 0.0548. The second-order valence-corrected chi connectivity index (χ2v) is 12.5. The molecule has 6 nitrogen and oxygen atoms in total. The molecule has 2 aliphatic rings. The molecule has 2 N–H and O–H groups in total. The first-order chi connectivity index (χ1) is 16.3. The number of hydrogen-bond acceptors (Lipinski definition) is 6. The van der Waals surface area contributed by atoms with Crippen LogP contribution in [0.15, 0.2) is 6.20 Å². The van der Waals surface area contributed by atoms with Gasteiger partial charge in [0.15, 0.2) is 0 Å². The molecule has 3 rings (SSSR count). The smallest absolute Gasteiger partial charge is 0.273 e. The Bertz CT molecular complexity index is 699. The van der Waals surface area contributed by atoms with Gasteiger partial charge in [-0.2, -0.15) is 0 Å². The minimum atomic E-state index is -0.620. The van der Waals surface area contributed by atoms with Gasteiger partial charge in [0.1, 0.15) is 17.6 Å². The Balaban J connectivity index is 1.48. The maximum Gasteiger partial charge on any atom is 0.273 e. The van der Waals surface area contributed by atoms with Crippen LogP contribution in [0.4, 0.5) is 0 Å². The Morgan fingerprint density at radius 2 is 1.68 bits per heavy atom. The van der Waals surface area contributed by atoms with Crippen molar-refractivity contribution in [1.29, 1.82) is 0 Å². The highest BCUT2D eigenvalue weighted by atomic mass is 32.1. The molecule has 0 aliphatic heterocycles. The van der Waals surface area contributed by atoms with E-state index in [0.29, 0.717) is 16.6 Å². The summed E-state index contributed by atoms with van der Waals surface area (Å²) in [4.78, 5) is 20.3. The number of nitrogens with one attached hydrogen (secondary N) is 1. The van der Waals surface area contributed by atoms with E-state index < -0.39 is 6.10 Å². The van der Waals surface area contributed by atoms with Gasteiger partial charge < -0.3 is 20.1 Å². The zero-order valence-corrected chi connectivity index (χ0v) is 22.5. The normalized spacial score (nSPS) is 18.5. The first kappa shape index (κ1) is 27.4. The lowest BCUT2D eigenvalue weighted by molar-refractivity contribution is 0.0750. The highest BCUT2D eigenvalue weighted by Crippen LogP contribution is 2.30. The molecule has 1 unspecified atom stereocenters. The number of carbonyl (C=O) groups excluding carboxylic acids is 1. The fourth-order valence-electron chi connectivity index (χ4n) is 5.28. The van der Waals surface area contributed by atoms with E-state index in [9.17, 15) is 9.90 Å². The molecule has 1 atom stereocenters. The highest BCUT2D eigenvalue weighted by Gasteiger charge is 2.22. The molecule has 2 aliphatic carbocycles. The lowest BCUT2D eigenvalue weighted by atomic mass is 10.0. The lowest BCUT2D eigenvalue weighted by Crippen LogP contribution is -2.42. The summed E-state index contributed by atoms with van der Waals surface area (Å²) in [5.74, 6) is 1.80. The Morgan fingerprint density at radius 3 is 2.21 bits per heavy atom. The molecular formula is C27H47N3O3S. The Labute approximate surface area is 210 Å². The number of amides is 1. The van der Waals surface area contributed by atoms with Gasteiger partial charge >= 0.3 is 0 Å².